The highest BCUT2D eigenvalue weighted by molar-refractivity contribution is 5.20. The quantitative estimate of drug-likeness (QED) is 0.687. The Balaban J connectivity index is 2.76. The molecule has 1 aromatic rings. The van der Waals surface area contributed by atoms with Crippen LogP contribution in [0.1, 0.15) is 43.6 Å². The van der Waals surface area contributed by atoms with Crippen molar-refractivity contribution in [2.45, 2.75) is 46.5 Å². The molecule has 0 saturated carbocycles. The molecule has 0 atom stereocenters. The lowest BCUT2D eigenvalue weighted by Gasteiger charge is -2.04. The van der Waals surface area contributed by atoms with E-state index in [0.717, 1.165) is 12.8 Å². The summed E-state index contributed by atoms with van der Waals surface area (Å²) in [5, 5.41) is 0. The maximum Gasteiger partial charge on any atom is 0.0409 e. The molecule has 0 aliphatic carbocycles. The van der Waals surface area contributed by atoms with Gasteiger partial charge in [-0.05, 0) is 43.9 Å². The van der Waals surface area contributed by atoms with Gasteiger partial charge in [0.1, 0.15) is 0 Å². The van der Waals surface area contributed by atoms with Crippen LogP contribution in [-0.2, 0) is 12.8 Å². The molecule has 72 valence electrons. The predicted molar refractivity (Wildman–Crippen MR) is 57.0 cm³/mol. The molecule has 0 unspecified atom stereocenters. The van der Waals surface area contributed by atoms with E-state index in [1.165, 1.54) is 29.8 Å². The molecule has 0 saturated heterocycles. The lowest BCUT2D eigenvalue weighted by atomic mass is 10.1. The standard InChI is InChI=1S/C12H19N/c1-4-6-7-12-9-10(3)8-11(5-2)13-12/h8-9H,4-7H2,1-3H3. The summed E-state index contributed by atoms with van der Waals surface area (Å²) < 4.78 is 0. The van der Waals surface area contributed by atoms with Crippen molar-refractivity contribution >= 4 is 0 Å². The number of aryl methyl sites for hydroxylation is 3. The second-order valence-corrected chi connectivity index (χ2v) is 3.58. The molecule has 0 fully saturated rings. The van der Waals surface area contributed by atoms with Gasteiger partial charge in [0.25, 0.3) is 0 Å². The lowest BCUT2D eigenvalue weighted by Crippen LogP contribution is -1.96. The normalized spacial score (nSPS) is 10.4. The zero-order chi connectivity index (χ0) is 9.68. The third-order valence-electron chi connectivity index (χ3n) is 2.22. The Morgan fingerprint density at radius 2 is 1.85 bits per heavy atom. The van der Waals surface area contributed by atoms with Gasteiger partial charge in [0.2, 0.25) is 0 Å². The zero-order valence-electron chi connectivity index (χ0n) is 8.93. The third-order valence-corrected chi connectivity index (χ3v) is 2.22. The Hall–Kier alpha value is -0.850. The number of pyridine rings is 1. The Morgan fingerprint density at radius 1 is 1.15 bits per heavy atom. The van der Waals surface area contributed by atoms with Crippen LogP contribution >= 0.6 is 0 Å². The highest BCUT2D eigenvalue weighted by atomic mass is 14.7. The van der Waals surface area contributed by atoms with Gasteiger partial charge >= 0.3 is 0 Å². The maximum atomic E-state index is 4.59. The maximum absolute atomic E-state index is 4.59. The highest BCUT2D eigenvalue weighted by Gasteiger charge is 1.98. The van der Waals surface area contributed by atoms with E-state index in [-0.39, 0.29) is 0 Å². The first-order chi connectivity index (χ1) is 6.26. The van der Waals surface area contributed by atoms with Crippen molar-refractivity contribution in [1.82, 2.24) is 4.98 Å². The molecular formula is C12H19N. The van der Waals surface area contributed by atoms with E-state index in [1.54, 1.807) is 0 Å². The highest BCUT2D eigenvalue weighted by Crippen LogP contribution is 2.08. The van der Waals surface area contributed by atoms with Crippen LogP contribution in [0, 0.1) is 6.92 Å². The van der Waals surface area contributed by atoms with Gasteiger partial charge in [-0.3, -0.25) is 4.98 Å². The molecule has 0 N–H and O–H groups in total. The minimum Gasteiger partial charge on any atom is -0.258 e. The van der Waals surface area contributed by atoms with Crippen molar-refractivity contribution in [3.05, 3.63) is 29.1 Å². The SMILES string of the molecule is CCCCc1cc(C)cc(CC)n1. The molecule has 0 aliphatic heterocycles. The number of hydrogen-bond donors (Lipinski definition) is 0. The van der Waals surface area contributed by atoms with Crippen LogP contribution in [0.25, 0.3) is 0 Å². The summed E-state index contributed by atoms with van der Waals surface area (Å²) in [4.78, 5) is 4.59. The number of nitrogens with zero attached hydrogens (tertiary/aromatic N) is 1. The smallest absolute Gasteiger partial charge is 0.0409 e. The number of rotatable bonds is 4. The monoisotopic (exact) mass is 177 g/mol. The molecule has 0 bridgehead atoms. The first-order valence-corrected chi connectivity index (χ1v) is 5.22. The summed E-state index contributed by atoms with van der Waals surface area (Å²) >= 11 is 0. The molecule has 1 rings (SSSR count). The lowest BCUT2D eigenvalue weighted by molar-refractivity contribution is 0.769. The van der Waals surface area contributed by atoms with Crippen LogP contribution in [0.4, 0.5) is 0 Å². The van der Waals surface area contributed by atoms with Crippen molar-refractivity contribution in [2.24, 2.45) is 0 Å². The van der Waals surface area contributed by atoms with Crippen molar-refractivity contribution in [3.8, 4) is 0 Å². The van der Waals surface area contributed by atoms with Crippen LogP contribution in [0.3, 0.4) is 0 Å². The molecule has 0 aromatic carbocycles. The van der Waals surface area contributed by atoms with Gasteiger partial charge in [-0.25, -0.2) is 0 Å². The minimum atomic E-state index is 1.04. The molecule has 1 heterocycles. The molecule has 1 aromatic heterocycles. The Labute approximate surface area is 81.2 Å². The summed E-state index contributed by atoms with van der Waals surface area (Å²) in [6.07, 6.45) is 4.67. The fraction of sp³-hybridized carbons (Fsp3) is 0.583. The van der Waals surface area contributed by atoms with Crippen LogP contribution in [0.15, 0.2) is 12.1 Å². The topological polar surface area (TPSA) is 12.9 Å². The molecule has 1 heteroatoms. The van der Waals surface area contributed by atoms with Gasteiger partial charge in [-0.2, -0.15) is 0 Å². The fourth-order valence-electron chi connectivity index (χ4n) is 1.48. The Bertz CT molecular complexity index is 266. The van der Waals surface area contributed by atoms with E-state index >= 15 is 0 Å². The van der Waals surface area contributed by atoms with E-state index in [1.807, 2.05) is 0 Å². The first kappa shape index (κ1) is 10.2. The molecule has 13 heavy (non-hydrogen) atoms. The van der Waals surface area contributed by atoms with Crippen molar-refractivity contribution in [2.75, 3.05) is 0 Å². The molecule has 0 aliphatic rings. The van der Waals surface area contributed by atoms with Gasteiger partial charge in [-0.15, -0.1) is 0 Å². The van der Waals surface area contributed by atoms with Crippen molar-refractivity contribution in [1.29, 1.82) is 0 Å². The van der Waals surface area contributed by atoms with Crippen molar-refractivity contribution < 1.29 is 0 Å². The van der Waals surface area contributed by atoms with Gasteiger partial charge in [0, 0.05) is 11.4 Å². The van der Waals surface area contributed by atoms with Gasteiger partial charge in [0.05, 0.1) is 0 Å². The van der Waals surface area contributed by atoms with Crippen molar-refractivity contribution in [3.63, 3.8) is 0 Å². The minimum absolute atomic E-state index is 1.04. The largest absolute Gasteiger partial charge is 0.258 e. The fourth-order valence-corrected chi connectivity index (χ4v) is 1.48. The summed E-state index contributed by atoms with van der Waals surface area (Å²) in [7, 11) is 0. The summed E-state index contributed by atoms with van der Waals surface area (Å²) in [6.45, 7) is 6.53. The second-order valence-electron chi connectivity index (χ2n) is 3.58. The van der Waals surface area contributed by atoms with Crippen LogP contribution < -0.4 is 0 Å². The molecule has 0 radical (unpaired) electrons. The Kier molecular flexibility index (Phi) is 3.94. The second kappa shape index (κ2) is 5.00. The summed E-state index contributed by atoms with van der Waals surface area (Å²) in [6, 6.07) is 4.38. The van der Waals surface area contributed by atoms with E-state index in [2.05, 4.69) is 37.9 Å². The van der Waals surface area contributed by atoms with Gasteiger partial charge < -0.3 is 0 Å². The van der Waals surface area contributed by atoms with Crippen LogP contribution in [0.2, 0.25) is 0 Å². The van der Waals surface area contributed by atoms with E-state index in [0.29, 0.717) is 0 Å². The molecule has 0 spiro atoms. The van der Waals surface area contributed by atoms with Crippen LogP contribution in [-0.4, -0.2) is 4.98 Å². The zero-order valence-corrected chi connectivity index (χ0v) is 8.93. The van der Waals surface area contributed by atoms with Gasteiger partial charge in [-0.1, -0.05) is 20.3 Å². The first-order valence-electron chi connectivity index (χ1n) is 5.22. The predicted octanol–water partition coefficient (Wildman–Crippen LogP) is 3.30. The van der Waals surface area contributed by atoms with E-state index in [4.69, 9.17) is 0 Å². The average molecular weight is 177 g/mol. The summed E-state index contributed by atoms with van der Waals surface area (Å²) in [5.74, 6) is 0. The molecular weight excluding hydrogens is 158 g/mol. The average Bonchev–Trinajstić information content (AvgIpc) is 2.14. The van der Waals surface area contributed by atoms with E-state index < -0.39 is 0 Å². The van der Waals surface area contributed by atoms with Crippen LogP contribution in [0.5, 0.6) is 0 Å². The molecule has 1 nitrogen and oxygen atoms in total. The molecule has 0 amide bonds. The number of hydrogen-bond acceptors (Lipinski definition) is 1. The number of aromatic nitrogens is 1. The van der Waals surface area contributed by atoms with E-state index in [9.17, 15) is 0 Å². The third kappa shape index (κ3) is 3.17. The summed E-state index contributed by atoms with van der Waals surface area (Å²) in [5.41, 5.74) is 3.84. The number of unbranched alkanes of at least 4 members (excludes halogenated alkanes) is 1. The Morgan fingerprint density at radius 3 is 2.46 bits per heavy atom. The van der Waals surface area contributed by atoms with Gasteiger partial charge in [0.15, 0.2) is 0 Å².